The Hall–Kier alpha value is -3.52. The molecule has 4 aromatic rings. The largest absolute Gasteiger partial charge is 0.479 e. The second kappa shape index (κ2) is 19.3. The van der Waals surface area contributed by atoms with Gasteiger partial charge in [-0.3, -0.25) is 9.67 Å². The second-order valence-electron chi connectivity index (χ2n) is 17.4. The lowest BCUT2D eigenvalue weighted by Crippen LogP contribution is -2.52. The Morgan fingerprint density at radius 1 is 0.929 bits per heavy atom. The van der Waals surface area contributed by atoms with E-state index in [-0.39, 0.29) is 18.4 Å². The fourth-order valence-electron chi connectivity index (χ4n) is 7.10. The van der Waals surface area contributed by atoms with Gasteiger partial charge in [0.1, 0.15) is 25.0 Å². The SMILES string of the molecule is COCCO[C@]1(C(=O)O)CC[C@@H](c2cc(N(COCC[Si](C)(C)C)COCC[Si](C)(C)C)n3ncc(-c4ccc(-c5ccn(C)n5)nc4)c3n2)CC1CCOC. The third-order valence-corrected chi connectivity index (χ3v) is 13.9. The van der Waals surface area contributed by atoms with Crippen molar-refractivity contribution in [2.24, 2.45) is 13.0 Å². The van der Waals surface area contributed by atoms with Crippen LogP contribution in [0.5, 0.6) is 0 Å². The molecule has 0 amide bonds. The first-order chi connectivity index (χ1) is 26.6. The van der Waals surface area contributed by atoms with Gasteiger partial charge in [0.15, 0.2) is 11.2 Å². The van der Waals surface area contributed by atoms with Crippen LogP contribution in [0.15, 0.2) is 42.9 Å². The number of hydrogen-bond acceptors (Lipinski definition) is 11. The number of ether oxygens (including phenoxy) is 5. The molecule has 0 aliphatic heterocycles. The minimum atomic E-state index is -1.34. The fourth-order valence-corrected chi connectivity index (χ4v) is 8.61. The van der Waals surface area contributed by atoms with Crippen LogP contribution < -0.4 is 4.90 Å². The Bertz CT molecular complexity index is 1840. The number of carboxylic acid groups (broad SMARTS) is 1. The van der Waals surface area contributed by atoms with Crippen molar-refractivity contribution in [3.8, 4) is 22.5 Å². The predicted molar refractivity (Wildman–Crippen MR) is 224 cm³/mol. The summed E-state index contributed by atoms with van der Waals surface area (Å²) in [6.45, 7) is 17.0. The summed E-state index contributed by atoms with van der Waals surface area (Å²) >= 11 is 0. The Kier molecular flexibility index (Phi) is 15.0. The Labute approximate surface area is 333 Å². The van der Waals surface area contributed by atoms with Gasteiger partial charge < -0.3 is 33.7 Å². The van der Waals surface area contributed by atoms with Crippen LogP contribution in [0, 0.1) is 5.92 Å². The van der Waals surface area contributed by atoms with E-state index < -0.39 is 27.7 Å². The van der Waals surface area contributed by atoms with Gasteiger partial charge in [-0.1, -0.05) is 45.3 Å². The standard InChI is InChI=1S/C40H63N7O7Si2/c1-45-16-13-35(44-45)34-11-10-31(26-41-34)33-27-42-47-37(46(28-52-20-22-55(4,5)6)29-53-21-23-56(7,8)9)25-36(43-38(33)47)30-12-15-40(39(48)49,54-19-18-51-3)32(24-30)14-17-50-2/h10-11,13,16,25-27,30,32H,12,14-15,17-24,28-29H2,1-9H3,(H,48,49)/t30-,32?,40-/m1/s1. The molecule has 0 spiro atoms. The van der Waals surface area contributed by atoms with Crippen molar-refractivity contribution in [1.29, 1.82) is 0 Å². The molecule has 308 valence electrons. The van der Waals surface area contributed by atoms with E-state index in [4.69, 9.17) is 38.8 Å². The molecule has 1 aliphatic rings. The average Bonchev–Trinajstić information content (AvgIpc) is 3.79. The van der Waals surface area contributed by atoms with Gasteiger partial charge in [-0.2, -0.15) is 14.7 Å². The molecule has 0 saturated heterocycles. The monoisotopic (exact) mass is 809 g/mol. The summed E-state index contributed by atoms with van der Waals surface area (Å²) in [4.78, 5) is 25.2. The van der Waals surface area contributed by atoms with Crippen molar-refractivity contribution in [1.82, 2.24) is 29.4 Å². The van der Waals surface area contributed by atoms with E-state index in [1.54, 1.807) is 18.9 Å². The van der Waals surface area contributed by atoms with Crippen molar-refractivity contribution in [2.75, 3.05) is 65.6 Å². The summed E-state index contributed by atoms with van der Waals surface area (Å²) in [6, 6.07) is 10.1. The summed E-state index contributed by atoms with van der Waals surface area (Å²) in [5.41, 5.74) is 3.48. The lowest BCUT2D eigenvalue weighted by molar-refractivity contribution is -0.185. The van der Waals surface area contributed by atoms with E-state index in [1.807, 2.05) is 48.4 Å². The van der Waals surface area contributed by atoms with Gasteiger partial charge in [-0.05, 0) is 49.9 Å². The summed E-state index contributed by atoms with van der Waals surface area (Å²) in [7, 11) is 2.48. The van der Waals surface area contributed by atoms with Crippen molar-refractivity contribution >= 4 is 33.6 Å². The Morgan fingerprint density at radius 2 is 1.62 bits per heavy atom. The fraction of sp³-hybridized carbons (Fsp3) is 0.625. The van der Waals surface area contributed by atoms with Crippen molar-refractivity contribution in [3.63, 3.8) is 0 Å². The molecule has 1 fully saturated rings. The summed E-state index contributed by atoms with van der Waals surface area (Å²) in [5, 5.41) is 20.1. The third-order valence-electron chi connectivity index (χ3n) is 10.5. The molecule has 1 unspecified atom stereocenters. The first-order valence-corrected chi connectivity index (χ1v) is 27.2. The molecule has 0 radical (unpaired) electrons. The zero-order valence-electron chi connectivity index (χ0n) is 34.9. The normalized spacial score (nSPS) is 19.2. The highest BCUT2D eigenvalue weighted by molar-refractivity contribution is 6.76. The predicted octanol–water partition coefficient (Wildman–Crippen LogP) is 7.03. The van der Waals surface area contributed by atoms with Crippen molar-refractivity contribution in [2.45, 2.75) is 88.6 Å². The van der Waals surface area contributed by atoms with Crippen LogP contribution in [0.25, 0.3) is 28.2 Å². The maximum Gasteiger partial charge on any atom is 0.336 e. The Balaban J connectivity index is 1.57. The highest BCUT2D eigenvalue weighted by atomic mass is 28.3. The summed E-state index contributed by atoms with van der Waals surface area (Å²) < 4.78 is 33.3. The summed E-state index contributed by atoms with van der Waals surface area (Å²) in [6.07, 6.45) is 7.59. The molecule has 4 aromatic heterocycles. The number of pyridine rings is 1. The molecule has 1 aliphatic carbocycles. The lowest BCUT2D eigenvalue weighted by Gasteiger charge is -2.43. The molecule has 16 heteroatoms. The molecule has 5 rings (SSSR count). The smallest absolute Gasteiger partial charge is 0.336 e. The number of anilines is 1. The number of aryl methyl sites for hydroxylation is 1. The van der Waals surface area contributed by atoms with Crippen LogP contribution in [0.1, 0.15) is 37.3 Å². The highest BCUT2D eigenvalue weighted by Gasteiger charge is 2.51. The van der Waals surface area contributed by atoms with E-state index in [1.165, 1.54) is 0 Å². The quantitative estimate of drug-likeness (QED) is 0.0494. The highest BCUT2D eigenvalue weighted by Crippen LogP contribution is 2.46. The number of nitrogens with zero attached hydrogens (tertiary/aromatic N) is 7. The van der Waals surface area contributed by atoms with Crippen LogP contribution in [0.4, 0.5) is 5.82 Å². The number of hydrogen-bond donors (Lipinski definition) is 1. The van der Waals surface area contributed by atoms with E-state index in [0.29, 0.717) is 71.2 Å². The second-order valence-corrected chi connectivity index (χ2v) is 28.6. The van der Waals surface area contributed by atoms with Gasteiger partial charge in [0.05, 0.1) is 25.1 Å². The first kappa shape index (κ1) is 43.6. The third kappa shape index (κ3) is 11.3. The number of aromatic nitrogens is 6. The van der Waals surface area contributed by atoms with Gasteiger partial charge in [0.25, 0.3) is 0 Å². The Morgan fingerprint density at radius 3 is 2.20 bits per heavy atom. The van der Waals surface area contributed by atoms with E-state index in [0.717, 1.165) is 46.1 Å². The number of rotatable bonds is 22. The van der Waals surface area contributed by atoms with Crippen molar-refractivity contribution < 1.29 is 33.6 Å². The van der Waals surface area contributed by atoms with E-state index in [9.17, 15) is 9.90 Å². The van der Waals surface area contributed by atoms with Gasteiger partial charge in [0, 0.05) is 104 Å². The van der Waals surface area contributed by atoms with Gasteiger partial charge in [-0.15, -0.1) is 0 Å². The zero-order valence-corrected chi connectivity index (χ0v) is 36.9. The van der Waals surface area contributed by atoms with Gasteiger partial charge in [-0.25, -0.2) is 9.78 Å². The number of carbonyl (C=O) groups is 1. The van der Waals surface area contributed by atoms with E-state index in [2.05, 4.69) is 55.3 Å². The van der Waals surface area contributed by atoms with Crippen LogP contribution >= 0.6 is 0 Å². The molecule has 3 atom stereocenters. The van der Waals surface area contributed by atoms with E-state index >= 15 is 0 Å². The molecule has 56 heavy (non-hydrogen) atoms. The summed E-state index contributed by atoms with van der Waals surface area (Å²) in [5.74, 6) is -0.506. The first-order valence-electron chi connectivity index (χ1n) is 19.7. The number of carboxylic acids is 1. The lowest BCUT2D eigenvalue weighted by atomic mass is 9.68. The number of aliphatic carboxylic acids is 1. The number of fused-ring (bicyclic) bond motifs is 1. The molecule has 0 aromatic carbocycles. The molecular formula is C40H63N7O7Si2. The maximum absolute atomic E-state index is 13.0. The van der Waals surface area contributed by atoms with Gasteiger partial charge in [0.2, 0.25) is 0 Å². The molecule has 1 N–H and O–H groups in total. The topological polar surface area (TPSA) is 148 Å². The van der Waals surface area contributed by atoms with Crippen molar-refractivity contribution in [3.05, 3.63) is 48.5 Å². The average molecular weight is 810 g/mol. The van der Waals surface area contributed by atoms with Crippen LogP contribution in [0.3, 0.4) is 0 Å². The van der Waals surface area contributed by atoms with Crippen LogP contribution in [-0.4, -0.2) is 123 Å². The minimum Gasteiger partial charge on any atom is -0.479 e. The maximum atomic E-state index is 13.0. The van der Waals surface area contributed by atoms with Crippen LogP contribution in [-0.2, 0) is 35.5 Å². The minimum absolute atomic E-state index is 0.0472. The number of methoxy groups -OCH3 is 2. The molecule has 4 heterocycles. The molecule has 0 bridgehead atoms. The molecule has 14 nitrogen and oxygen atoms in total. The van der Waals surface area contributed by atoms with Crippen LogP contribution in [0.2, 0.25) is 51.4 Å². The zero-order chi connectivity index (χ0) is 40.5. The molecular weight excluding hydrogens is 747 g/mol. The van der Waals surface area contributed by atoms with Gasteiger partial charge >= 0.3 is 5.97 Å². The molecule has 1 saturated carbocycles.